The normalized spacial score (nSPS) is 12.0. The maximum absolute atomic E-state index is 12.0. The van der Waals surface area contributed by atoms with E-state index >= 15 is 0 Å². The number of carbonyl (C=O) groups excluding carboxylic acids is 1. The molecule has 1 aromatic heterocycles. The number of ether oxygens (including phenoxy) is 2. The Morgan fingerprint density at radius 3 is 2.69 bits per heavy atom. The second-order valence-corrected chi connectivity index (χ2v) is 7.19. The first-order valence-corrected chi connectivity index (χ1v) is 9.90. The largest absolute Gasteiger partial charge is 0.486 e. The zero-order chi connectivity index (χ0) is 19.1. The van der Waals surface area contributed by atoms with Crippen molar-refractivity contribution >= 4 is 29.3 Å². The van der Waals surface area contributed by atoms with Gasteiger partial charge in [-0.2, -0.15) is 0 Å². The Balaban J connectivity index is 2.08. The molecule has 0 bridgehead atoms. The summed E-state index contributed by atoms with van der Waals surface area (Å²) in [6.45, 7) is 9.04. The van der Waals surface area contributed by atoms with Crippen LogP contribution in [0.15, 0.2) is 23.4 Å². The van der Waals surface area contributed by atoms with E-state index in [0.717, 1.165) is 11.3 Å². The van der Waals surface area contributed by atoms with Crippen LogP contribution >= 0.6 is 23.4 Å². The lowest BCUT2D eigenvalue weighted by Gasteiger charge is -2.14. The number of thioether (sulfide) groups is 1. The van der Waals surface area contributed by atoms with Gasteiger partial charge in [-0.25, -0.2) is 0 Å². The molecule has 0 spiro atoms. The highest BCUT2D eigenvalue weighted by Gasteiger charge is 2.23. The second-order valence-electron chi connectivity index (χ2n) is 5.61. The lowest BCUT2D eigenvalue weighted by atomic mass is 10.2. The Labute approximate surface area is 163 Å². The Morgan fingerprint density at radius 2 is 2.08 bits per heavy atom. The van der Waals surface area contributed by atoms with Gasteiger partial charge in [0.1, 0.15) is 17.6 Å². The summed E-state index contributed by atoms with van der Waals surface area (Å²) in [6.07, 6.45) is 0.663. The zero-order valence-corrected chi connectivity index (χ0v) is 17.1. The highest BCUT2D eigenvalue weighted by Crippen LogP contribution is 2.26. The van der Waals surface area contributed by atoms with Gasteiger partial charge in [0, 0.05) is 11.6 Å². The van der Waals surface area contributed by atoms with Gasteiger partial charge in [0.15, 0.2) is 11.0 Å². The number of hydrogen-bond donors (Lipinski definition) is 0. The number of rotatable bonds is 9. The summed E-state index contributed by atoms with van der Waals surface area (Å²) >= 11 is 7.41. The van der Waals surface area contributed by atoms with E-state index in [-0.39, 0.29) is 11.2 Å². The van der Waals surface area contributed by atoms with Crippen LogP contribution in [-0.2, 0) is 22.7 Å². The minimum Gasteiger partial charge on any atom is -0.486 e. The maximum atomic E-state index is 12.0. The van der Waals surface area contributed by atoms with Crippen LogP contribution in [0.4, 0.5) is 0 Å². The molecule has 2 aromatic rings. The summed E-state index contributed by atoms with van der Waals surface area (Å²) in [6, 6.07) is 5.52. The van der Waals surface area contributed by atoms with Crippen molar-refractivity contribution in [1.82, 2.24) is 14.8 Å². The van der Waals surface area contributed by atoms with Crippen LogP contribution in [0.1, 0.15) is 38.6 Å². The van der Waals surface area contributed by atoms with Gasteiger partial charge in [0.2, 0.25) is 0 Å². The molecule has 0 saturated heterocycles. The van der Waals surface area contributed by atoms with Crippen LogP contribution in [0, 0.1) is 6.92 Å². The molecular formula is C18H24ClN3O3S. The fourth-order valence-electron chi connectivity index (χ4n) is 2.35. The van der Waals surface area contributed by atoms with E-state index in [1.54, 1.807) is 6.92 Å². The highest BCUT2D eigenvalue weighted by molar-refractivity contribution is 8.00. The van der Waals surface area contributed by atoms with E-state index in [1.807, 2.05) is 43.5 Å². The second kappa shape index (κ2) is 9.83. The Kier molecular flexibility index (Phi) is 7.78. The summed E-state index contributed by atoms with van der Waals surface area (Å²) in [5, 5.41) is 9.56. The topological polar surface area (TPSA) is 66.2 Å². The van der Waals surface area contributed by atoms with Gasteiger partial charge in [0.05, 0.1) is 6.61 Å². The summed E-state index contributed by atoms with van der Waals surface area (Å²) in [7, 11) is 0. The molecule has 2 rings (SSSR count). The van der Waals surface area contributed by atoms with Crippen molar-refractivity contribution in [3.8, 4) is 5.75 Å². The van der Waals surface area contributed by atoms with Crippen LogP contribution in [-0.4, -0.2) is 32.6 Å². The molecule has 0 amide bonds. The van der Waals surface area contributed by atoms with E-state index in [4.69, 9.17) is 21.1 Å². The first-order chi connectivity index (χ1) is 12.5. The molecule has 0 fully saturated rings. The number of nitrogens with zero attached hydrogens (tertiary/aromatic N) is 3. The van der Waals surface area contributed by atoms with E-state index < -0.39 is 0 Å². The summed E-state index contributed by atoms with van der Waals surface area (Å²) in [5.74, 6) is 1.21. The minimum atomic E-state index is -0.294. The fraction of sp³-hybridized carbons (Fsp3) is 0.500. The third-order valence-corrected chi connectivity index (χ3v) is 5.52. The van der Waals surface area contributed by atoms with Crippen molar-refractivity contribution in [1.29, 1.82) is 0 Å². The number of aromatic nitrogens is 3. The van der Waals surface area contributed by atoms with Gasteiger partial charge in [0.25, 0.3) is 0 Å². The number of esters is 1. The van der Waals surface area contributed by atoms with Crippen LogP contribution in [0.2, 0.25) is 5.02 Å². The summed E-state index contributed by atoms with van der Waals surface area (Å²) in [4.78, 5) is 12.0. The predicted octanol–water partition coefficient (Wildman–Crippen LogP) is 4.27. The Bertz CT molecular complexity index is 751. The molecule has 0 aliphatic rings. The SMILES string of the molecule is CCOC(=O)[C@H](CC)Sc1nnc(COc2ccc(Cl)c(C)c2)n1CC. The number of benzene rings is 1. The molecule has 0 unspecified atom stereocenters. The Hall–Kier alpha value is -1.73. The molecule has 0 N–H and O–H groups in total. The van der Waals surface area contributed by atoms with Gasteiger partial charge in [-0.15, -0.1) is 10.2 Å². The molecule has 1 aromatic carbocycles. The number of halogens is 1. The molecular weight excluding hydrogens is 374 g/mol. The predicted molar refractivity (Wildman–Crippen MR) is 103 cm³/mol. The van der Waals surface area contributed by atoms with E-state index in [1.165, 1.54) is 11.8 Å². The molecule has 0 aliphatic carbocycles. The van der Waals surface area contributed by atoms with E-state index in [0.29, 0.717) is 42.2 Å². The lowest BCUT2D eigenvalue weighted by molar-refractivity contribution is -0.142. The molecule has 8 heteroatoms. The highest BCUT2D eigenvalue weighted by atomic mass is 35.5. The average Bonchev–Trinajstić information content (AvgIpc) is 3.02. The molecule has 0 aliphatic heterocycles. The van der Waals surface area contributed by atoms with Gasteiger partial charge in [-0.1, -0.05) is 30.3 Å². The van der Waals surface area contributed by atoms with Crippen LogP contribution < -0.4 is 4.74 Å². The van der Waals surface area contributed by atoms with E-state index in [9.17, 15) is 4.79 Å². The quantitative estimate of drug-likeness (QED) is 0.465. The monoisotopic (exact) mass is 397 g/mol. The van der Waals surface area contributed by atoms with Gasteiger partial charge < -0.3 is 14.0 Å². The standard InChI is InChI=1S/C18H24ClN3O3S/c1-5-15(17(23)24-7-3)26-18-21-20-16(22(18)6-2)11-25-13-8-9-14(19)12(4)10-13/h8-10,15H,5-7,11H2,1-4H3/t15-/m0/s1. The maximum Gasteiger partial charge on any atom is 0.319 e. The van der Waals surface area contributed by atoms with E-state index in [2.05, 4.69) is 10.2 Å². The van der Waals surface area contributed by atoms with Gasteiger partial charge in [-0.05, 0) is 51.0 Å². The van der Waals surface area contributed by atoms with Gasteiger partial charge in [-0.3, -0.25) is 4.79 Å². The van der Waals surface area contributed by atoms with Crippen molar-refractivity contribution in [3.05, 3.63) is 34.6 Å². The van der Waals surface area contributed by atoms with Crippen molar-refractivity contribution in [2.75, 3.05) is 6.61 Å². The van der Waals surface area contributed by atoms with Gasteiger partial charge >= 0.3 is 5.97 Å². The summed E-state index contributed by atoms with van der Waals surface area (Å²) in [5.41, 5.74) is 0.956. The first-order valence-electron chi connectivity index (χ1n) is 8.64. The van der Waals surface area contributed by atoms with Crippen molar-refractivity contribution in [3.63, 3.8) is 0 Å². The molecule has 142 valence electrons. The molecule has 6 nitrogen and oxygen atoms in total. The lowest BCUT2D eigenvalue weighted by Crippen LogP contribution is -2.20. The fourth-order valence-corrected chi connectivity index (χ4v) is 3.50. The molecule has 0 saturated carbocycles. The molecule has 0 radical (unpaired) electrons. The number of hydrogen-bond acceptors (Lipinski definition) is 6. The molecule has 1 atom stereocenters. The smallest absolute Gasteiger partial charge is 0.319 e. The third-order valence-electron chi connectivity index (χ3n) is 3.77. The molecule has 26 heavy (non-hydrogen) atoms. The molecule has 1 heterocycles. The third kappa shape index (κ3) is 5.14. The van der Waals surface area contributed by atoms with Crippen LogP contribution in [0.5, 0.6) is 5.75 Å². The first kappa shape index (κ1) is 20.6. The van der Waals surface area contributed by atoms with Crippen molar-refractivity contribution < 1.29 is 14.3 Å². The van der Waals surface area contributed by atoms with Crippen LogP contribution in [0.3, 0.4) is 0 Å². The minimum absolute atomic E-state index is 0.222. The summed E-state index contributed by atoms with van der Waals surface area (Å²) < 4.78 is 12.9. The van der Waals surface area contributed by atoms with Crippen molar-refractivity contribution in [2.45, 2.75) is 57.7 Å². The number of aryl methyl sites for hydroxylation is 1. The average molecular weight is 398 g/mol. The van der Waals surface area contributed by atoms with Crippen molar-refractivity contribution in [2.24, 2.45) is 0 Å². The number of carbonyl (C=O) groups is 1. The van der Waals surface area contributed by atoms with Crippen LogP contribution in [0.25, 0.3) is 0 Å². The zero-order valence-electron chi connectivity index (χ0n) is 15.5. The Morgan fingerprint density at radius 1 is 1.31 bits per heavy atom.